The van der Waals surface area contributed by atoms with Crippen molar-refractivity contribution in [3.8, 4) is 0 Å². The molecule has 17 heavy (non-hydrogen) atoms. The number of aryl methyl sites for hydroxylation is 1. The molecule has 1 rings (SSSR count). The van der Waals surface area contributed by atoms with Crippen molar-refractivity contribution in [1.29, 1.82) is 0 Å². The Morgan fingerprint density at radius 3 is 2.47 bits per heavy atom. The van der Waals surface area contributed by atoms with E-state index in [9.17, 15) is 13.6 Å². The van der Waals surface area contributed by atoms with E-state index in [1.165, 1.54) is 6.07 Å². The Kier molecular flexibility index (Phi) is 3.70. The minimum atomic E-state index is -0.777. The molecule has 0 aliphatic carbocycles. The van der Waals surface area contributed by atoms with Crippen LogP contribution in [0.15, 0.2) is 12.1 Å². The topological polar surface area (TPSA) is 69.1 Å². The molecular weight excluding hydrogens is 226 g/mol. The third-order valence-electron chi connectivity index (χ3n) is 2.89. The first-order valence-electron chi connectivity index (χ1n) is 5.28. The fourth-order valence-electron chi connectivity index (χ4n) is 1.38. The van der Waals surface area contributed by atoms with Gasteiger partial charge in [-0.1, -0.05) is 19.9 Å². The smallest absolute Gasteiger partial charge is 0.223 e. The summed E-state index contributed by atoms with van der Waals surface area (Å²) in [5.74, 6) is -1.99. The van der Waals surface area contributed by atoms with Crippen molar-refractivity contribution in [2.24, 2.45) is 11.1 Å². The molecule has 0 saturated carbocycles. The van der Waals surface area contributed by atoms with Crippen molar-refractivity contribution < 1.29 is 13.6 Å². The van der Waals surface area contributed by atoms with Gasteiger partial charge in [-0.3, -0.25) is 4.79 Å². The summed E-state index contributed by atoms with van der Waals surface area (Å²) in [6, 6.07) is 2.45. The number of rotatable bonds is 4. The number of benzene rings is 1. The lowest BCUT2D eigenvalue weighted by Gasteiger charge is -2.20. The van der Waals surface area contributed by atoms with Crippen LogP contribution >= 0.6 is 0 Å². The van der Waals surface area contributed by atoms with Gasteiger partial charge in [-0.25, -0.2) is 8.78 Å². The Morgan fingerprint density at radius 2 is 1.94 bits per heavy atom. The Hall–Kier alpha value is -1.65. The molecule has 0 aromatic heterocycles. The summed E-state index contributed by atoms with van der Waals surface area (Å²) >= 11 is 0. The molecule has 0 aliphatic rings. The number of carbonyl (C=O) groups excluding carboxylic acids is 1. The van der Waals surface area contributed by atoms with E-state index in [0.717, 1.165) is 6.07 Å². The zero-order valence-corrected chi connectivity index (χ0v) is 9.89. The summed E-state index contributed by atoms with van der Waals surface area (Å²) in [7, 11) is 0. The highest BCUT2D eigenvalue weighted by Gasteiger charge is 2.25. The fourth-order valence-corrected chi connectivity index (χ4v) is 1.38. The first-order chi connectivity index (χ1) is 7.75. The number of amides is 1. The first kappa shape index (κ1) is 13.4. The molecule has 94 valence electrons. The van der Waals surface area contributed by atoms with Crippen molar-refractivity contribution >= 4 is 11.6 Å². The first-order valence-corrected chi connectivity index (χ1v) is 5.28. The van der Waals surface area contributed by atoms with Gasteiger partial charge in [-0.2, -0.15) is 0 Å². The molecule has 0 saturated heterocycles. The van der Waals surface area contributed by atoms with Gasteiger partial charge in [0, 0.05) is 5.41 Å². The van der Waals surface area contributed by atoms with Crippen LogP contribution in [0, 0.1) is 17.0 Å². The summed E-state index contributed by atoms with van der Waals surface area (Å²) < 4.78 is 26.5. The van der Waals surface area contributed by atoms with Crippen molar-refractivity contribution in [2.75, 3.05) is 5.73 Å². The Morgan fingerprint density at radius 1 is 1.35 bits per heavy atom. The SMILES string of the molecule is CC(C)(CCc1ccc(F)c(N)c1F)C(N)=O. The lowest BCUT2D eigenvalue weighted by molar-refractivity contribution is -0.126. The second kappa shape index (κ2) is 4.69. The predicted octanol–water partition coefficient (Wildman–Crippen LogP) is 1.99. The van der Waals surface area contributed by atoms with E-state index >= 15 is 0 Å². The number of hydrogen-bond donors (Lipinski definition) is 2. The van der Waals surface area contributed by atoms with Crippen molar-refractivity contribution in [1.82, 2.24) is 0 Å². The normalized spacial score (nSPS) is 11.5. The van der Waals surface area contributed by atoms with Gasteiger partial charge in [0.15, 0.2) is 5.82 Å². The molecular formula is C12H16F2N2O. The average molecular weight is 242 g/mol. The van der Waals surface area contributed by atoms with Gasteiger partial charge < -0.3 is 11.5 Å². The highest BCUT2D eigenvalue weighted by atomic mass is 19.1. The third-order valence-corrected chi connectivity index (χ3v) is 2.89. The maximum Gasteiger partial charge on any atom is 0.223 e. The maximum absolute atomic E-state index is 13.6. The van der Waals surface area contributed by atoms with Crippen LogP contribution in [0.25, 0.3) is 0 Å². The van der Waals surface area contributed by atoms with Crippen LogP contribution in [0.5, 0.6) is 0 Å². The Balaban J connectivity index is 2.84. The molecule has 1 aromatic rings. The van der Waals surface area contributed by atoms with Gasteiger partial charge >= 0.3 is 0 Å². The van der Waals surface area contributed by atoms with Crippen molar-refractivity contribution in [3.05, 3.63) is 29.3 Å². The molecule has 0 bridgehead atoms. The quantitative estimate of drug-likeness (QED) is 0.793. The maximum atomic E-state index is 13.6. The minimum Gasteiger partial charge on any atom is -0.394 e. The molecule has 5 heteroatoms. The molecule has 0 fully saturated rings. The Bertz CT molecular complexity index is 444. The second-order valence-electron chi connectivity index (χ2n) is 4.68. The summed E-state index contributed by atoms with van der Waals surface area (Å²) in [4.78, 5) is 11.1. The molecule has 0 radical (unpaired) electrons. The van der Waals surface area contributed by atoms with E-state index in [4.69, 9.17) is 11.5 Å². The molecule has 0 heterocycles. The van der Waals surface area contributed by atoms with Crippen molar-refractivity contribution in [2.45, 2.75) is 26.7 Å². The molecule has 0 aliphatic heterocycles. The fraction of sp³-hybridized carbons (Fsp3) is 0.417. The lowest BCUT2D eigenvalue weighted by atomic mass is 9.85. The largest absolute Gasteiger partial charge is 0.394 e. The molecule has 0 spiro atoms. The number of hydrogen-bond acceptors (Lipinski definition) is 2. The molecule has 0 atom stereocenters. The summed E-state index contributed by atoms with van der Waals surface area (Å²) in [6.45, 7) is 3.36. The predicted molar refractivity (Wildman–Crippen MR) is 62.1 cm³/mol. The van der Waals surface area contributed by atoms with Gasteiger partial charge in [0.1, 0.15) is 11.5 Å². The highest BCUT2D eigenvalue weighted by Crippen LogP contribution is 2.25. The van der Waals surface area contributed by atoms with E-state index in [1.807, 2.05) is 0 Å². The average Bonchev–Trinajstić information content (AvgIpc) is 2.25. The number of nitrogens with two attached hydrogens (primary N) is 2. The van der Waals surface area contributed by atoms with Gasteiger partial charge in [-0.15, -0.1) is 0 Å². The molecule has 0 unspecified atom stereocenters. The monoisotopic (exact) mass is 242 g/mol. The van der Waals surface area contributed by atoms with Gasteiger partial charge in [0.05, 0.1) is 0 Å². The van der Waals surface area contributed by atoms with Crippen molar-refractivity contribution in [3.63, 3.8) is 0 Å². The van der Waals surface area contributed by atoms with Crippen LogP contribution in [-0.4, -0.2) is 5.91 Å². The summed E-state index contributed by atoms with van der Waals surface area (Å²) in [5.41, 5.74) is 9.53. The Labute approximate surface area is 98.8 Å². The van der Waals surface area contributed by atoms with E-state index in [0.29, 0.717) is 12.0 Å². The summed E-state index contributed by atoms with van der Waals surface area (Å²) in [6.07, 6.45) is 0.663. The van der Waals surface area contributed by atoms with Gasteiger partial charge in [0.2, 0.25) is 5.91 Å². The zero-order valence-electron chi connectivity index (χ0n) is 9.89. The van der Waals surface area contributed by atoms with Crippen LogP contribution in [0.1, 0.15) is 25.8 Å². The molecule has 4 N–H and O–H groups in total. The van der Waals surface area contributed by atoms with Gasteiger partial charge in [0.25, 0.3) is 0 Å². The number of nitrogen functional groups attached to an aromatic ring is 1. The standard InChI is InChI=1S/C12H16F2N2O/c1-12(2,11(16)17)6-5-7-3-4-8(13)10(15)9(7)14/h3-4H,5-6,15H2,1-2H3,(H2,16,17). The third kappa shape index (κ3) is 2.93. The highest BCUT2D eigenvalue weighted by molar-refractivity contribution is 5.79. The van der Waals surface area contributed by atoms with Crippen LogP contribution in [0.4, 0.5) is 14.5 Å². The van der Waals surface area contributed by atoms with E-state index in [1.54, 1.807) is 13.8 Å². The van der Waals surface area contributed by atoms with E-state index in [2.05, 4.69) is 0 Å². The summed E-state index contributed by atoms with van der Waals surface area (Å²) in [5, 5.41) is 0. The van der Waals surface area contributed by atoms with Crippen LogP contribution < -0.4 is 11.5 Å². The lowest BCUT2D eigenvalue weighted by Crippen LogP contribution is -2.31. The van der Waals surface area contributed by atoms with E-state index in [-0.39, 0.29) is 6.42 Å². The second-order valence-corrected chi connectivity index (χ2v) is 4.68. The number of anilines is 1. The van der Waals surface area contributed by atoms with E-state index < -0.39 is 28.6 Å². The molecule has 3 nitrogen and oxygen atoms in total. The number of primary amides is 1. The van der Waals surface area contributed by atoms with Gasteiger partial charge in [-0.05, 0) is 24.5 Å². The number of halogens is 2. The number of carbonyl (C=O) groups is 1. The molecule has 1 amide bonds. The van der Waals surface area contributed by atoms with Crippen LogP contribution in [0.2, 0.25) is 0 Å². The zero-order chi connectivity index (χ0) is 13.2. The van der Waals surface area contributed by atoms with Crippen LogP contribution in [-0.2, 0) is 11.2 Å². The minimum absolute atomic E-state index is 0.284. The molecule has 1 aromatic carbocycles. The van der Waals surface area contributed by atoms with Crippen LogP contribution in [0.3, 0.4) is 0 Å².